The van der Waals surface area contributed by atoms with Crippen LogP contribution in [0.1, 0.15) is 49.7 Å². The van der Waals surface area contributed by atoms with Gasteiger partial charge in [-0.15, -0.1) is 0 Å². The van der Waals surface area contributed by atoms with Crippen LogP contribution in [0, 0.1) is 0 Å². The van der Waals surface area contributed by atoms with E-state index >= 15 is 0 Å². The maximum Gasteiger partial charge on any atom is 0.246 e. The van der Waals surface area contributed by atoms with Crippen molar-refractivity contribution in [1.29, 1.82) is 0 Å². The lowest BCUT2D eigenvalue weighted by molar-refractivity contribution is -0.135. The van der Waals surface area contributed by atoms with Crippen LogP contribution in [0.25, 0.3) is 10.8 Å². The zero-order valence-corrected chi connectivity index (χ0v) is 42.9. The SMILES string of the molecule is NC(N)=NCCC[C@@H]1NC(=O)CNC(=O)[C@H](Cc2ccc3ccccc3c2)NC(=O)[C@H](Cc2ccccc2)NC(=O)COCCOCCNC(=O)CNC(=O)[C@H](CCCN=C(N)N)NC(=O)[C@H](CCCN=C(N)N)NC1=O. The van der Waals surface area contributed by atoms with Crippen LogP contribution in [0.5, 0.6) is 0 Å². The molecule has 0 spiro atoms. The predicted molar refractivity (Wildman–Crippen MR) is 288 cm³/mol. The predicted octanol–water partition coefficient (Wildman–Crippen LogP) is -4.39. The number of carbonyl (C=O) groups is 8. The summed E-state index contributed by atoms with van der Waals surface area (Å²) in [5.41, 5.74) is 34.4. The minimum Gasteiger partial charge on any atom is -0.377 e. The molecule has 1 saturated heterocycles. The molecule has 0 radical (unpaired) electrons. The van der Waals surface area contributed by atoms with E-state index in [9.17, 15) is 38.4 Å². The number of amides is 8. The molecule has 0 aromatic heterocycles. The number of benzene rings is 3. The molecule has 8 amide bonds. The number of aliphatic imine (C=N–C) groups is 3. The Kier molecular flexibility index (Phi) is 26.4. The number of hydrogen-bond donors (Lipinski definition) is 14. The minimum absolute atomic E-state index is 0.00152. The zero-order chi connectivity index (χ0) is 56.0. The number of nitrogens with one attached hydrogen (secondary N) is 8. The number of guanidine groups is 3. The number of carbonyl (C=O) groups excluding carboxylic acids is 8. The summed E-state index contributed by atoms with van der Waals surface area (Å²) in [6.45, 7) is -1.30. The van der Waals surface area contributed by atoms with Crippen molar-refractivity contribution in [3.63, 3.8) is 0 Å². The van der Waals surface area contributed by atoms with E-state index in [2.05, 4.69) is 57.5 Å². The molecule has 3 aromatic carbocycles. The van der Waals surface area contributed by atoms with Gasteiger partial charge in [-0.1, -0.05) is 72.8 Å². The Hall–Kier alpha value is -8.59. The molecule has 0 unspecified atom stereocenters. The molecule has 27 heteroatoms. The van der Waals surface area contributed by atoms with Crippen LogP contribution < -0.4 is 76.9 Å². The highest BCUT2D eigenvalue weighted by Crippen LogP contribution is 2.17. The first kappa shape index (κ1) is 61.0. The largest absolute Gasteiger partial charge is 0.377 e. The van der Waals surface area contributed by atoms with Crippen molar-refractivity contribution >= 4 is 75.9 Å². The maximum absolute atomic E-state index is 14.3. The molecular formula is C50H73N17O10. The highest BCUT2D eigenvalue weighted by molar-refractivity contribution is 5.97. The lowest BCUT2D eigenvalue weighted by Crippen LogP contribution is -2.58. The van der Waals surface area contributed by atoms with Gasteiger partial charge in [0, 0.05) is 39.0 Å². The van der Waals surface area contributed by atoms with Gasteiger partial charge >= 0.3 is 0 Å². The van der Waals surface area contributed by atoms with Crippen molar-refractivity contribution in [1.82, 2.24) is 42.5 Å². The van der Waals surface area contributed by atoms with Gasteiger partial charge in [-0.2, -0.15) is 0 Å². The van der Waals surface area contributed by atoms with Crippen LogP contribution >= 0.6 is 0 Å². The van der Waals surface area contributed by atoms with Crippen molar-refractivity contribution in [2.45, 2.75) is 81.6 Å². The molecule has 27 nitrogen and oxygen atoms in total. The molecule has 0 aliphatic carbocycles. The first-order valence-corrected chi connectivity index (χ1v) is 25.1. The molecule has 1 aliphatic rings. The summed E-state index contributed by atoms with van der Waals surface area (Å²) in [4.78, 5) is 122. The van der Waals surface area contributed by atoms with Gasteiger partial charge in [-0.3, -0.25) is 53.3 Å². The summed E-state index contributed by atoms with van der Waals surface area (Å²) >= 11 is 0. The normalized spacial score (nSPS) is 20.5. The van der Waals surface area contributed by atoms with Crippen molar-refractivity contribution in [3.8, 4) is 0 Å². The zero-order valence-electron chi connectivity index (χ0n) is 42.9. The first-order chi connectivity index (χ1) is 37.0. The highest BCUT2D eigenvalue weighted by Gasteiger charge is 2.31. The third kappa shape index (κ3) is 24.1. The number of nitrogens with two attached hydrogens (primary N) is 6. The Balaban J connectivity index is 1.66. The van der Waals surface area contributed by atoms with Crippen LogP contribution in [-0.4, -0.2) is 161 Å². The molecule has 20 N–H and O–H groups in total. The lowest BCUT2D eigenvalue weighted by atomic mass is 10.00. The van der Waals surface area contributed by atoms with E-state index in [4.69, 9.17) is 43.9 Å². The Labute approximate surface area is 445 Å². The number of ether oxygens (including phenoxy) is 2. The second kappa shape index (κ2) is 33.4. The van der Waals surface area contributed by atoms with E-state index < -0.39 is 97.2 Å². The van der Waals surface area contributed by atoms with Gasteiger partial charge in [0.2, 0.25) is 47.3 Å². The smallest absolute Gasteiger partial charge is 0.246 e. The second-order valence-corrected chi connectivity index (χ2v) is 17.8. The van der Waals surface area contributed by atoms with Crippen LogP contribution in [0.3, 0.4) is 0 Å². The molecule has 0 bridgehead atoms. The van der Waals surface area contributed by atoms with E-state index in [-0.39, 0.29) is 115 Å². The van der Waals surface area contributed by atoms with Gasteiger partial charge in [0.25, 0.3) is 0 Å². The van der Waals surface area contributed by atoms with Crippen molar-refractivity contribution in [2.24, 2.45) is 49.4 Å². The first-order valence-electron chi connectivity index (χ1n) is 25.1. The van der Waals surface area contributed by atoms with Gasteiger partial charge in [0.1, 0.15) is 36.8 Å². The Morgan fingerprint density at radius 2 is 0.896 bits per heavy atom. The highest BCUT2D eigenvalue weighted by atomic mass is 16.5. The summed E-state index contributed by atoms with van der Waals surface area (Å²) < 4.78 is 11.0. The quantitative estimate of drug-likeness (QED) is 0.0366. The second-order valence-electron chi connectivity index (χ2n) is 17.8. The standard InChI is InChI=1S/C50H73N17O10/c51-48(52)58-18-6-13-35-43(71)61-28-40(68)57-21-22-76-23-24-77-30-42(70)64-39(26-31-9-2-1-3-10-31)47(75)67-38(27-32-16-17-33-11-4-5-12-34(33)25-32)44(72)62-29-41(69)63-36(14-7-19-59-49(53)54)45(73)66-37(46(74)65-35)15-8-20-60-50(55)56/h1-5,9-12,16-17,25,35-39H,6-8,13-15,18-24,26-30H2,(H,57,68)(H,61,71)(H,62,72)(H,63,69)(H,64,70)(H,65,74)(H,66,73)(H,67,75)(H4,51,52,58)(H4,53,54,59)(H4,55,56,60)/t35-,36-,37-,38-,39-/m0/s1. The van der Waals surface area contributed by atoms with Crippen LogP contribution in [0.2, 0.25) is 0 Å². The average Bonchev–Trinajstić information content (AvgIpc) is 3.39. The third-order valence-electron chi connectivity index (χ3n) is 11.6. The van der Waals surface area contributed by atoms with Gasteiger partial charge in [0.15, 0.2) is 17.9 Å². The minimum atomic E-state index is -1.34. The molecule has 0 saturated carbocycles. The van der Waals surface area contributed by atoms with Crippen LogP contribution in [0.15, 0.2) is 87.8 Å². The monoisotopic (exact) mass is 1070 g/mol. The fourth-order valence-electron chi connectivity index (χ4n) is 7.78. The molecule has 5 atom stereocenters. The van der Waals surface area contributed by atoms with Crippen molar-refractivity contribution in [2.75, 3.05) is 65.7 Å². The summed E-state index contributed by atoms with van der Waals surface area (Å²) in [6, 6.07) is 15.6. The van der Waals surface area contributed by atoms with Gasteiger partial charge < -0.3 is 86.4 Å². The number of hydrogen-bond acceptors (Lipinski definition) is 13. The molecule has 77 heavy (non-hydrogen) atoms. The lowest BCUT2D eigenvalue weighted by Gasteiger charge is -2.26. The number of fused-ring (bicyclic) bond motifs is 1. The van der Waals surface area contributed by atoms with E-state index in [0.29, 0.717) is 11.1 Å². The summed E-state index contributed by atoms with van der Waals surface area (Å²) in [6.07, 6.45) is 0.418. The Morgan fingerprint density at radius 3 is 1.49 bits per heavy atom. The van der Waals surface area contributed by atoms with Crippen molar-refractivity contribution in [3.05, 3.63) is 83.9 Å². The molecule has 418 valence electrons. The average molecular weight is 1070 g/mol. The summed E-state index contributed by atoms with van der Waals surface area (Å²) in [7, 11) is 0. The molecule has 1 fully saturated rings. The fourth-order valence-corrected chi connectivity index (χ4v) is 7.78. The Bertz CT molecular complexity index is 2540. The van der Waals surface area contributed by atoms with Gasteiger partial charge in [-0.25, -0.2) is 0 Å². The molecule has 3 aromatic rings. The Morgan fingerprint density at radius 1 is 0.442 bits per heavy atom. The summed E-state index contributed by atoms with van der Waals surface area (Å²) in [5.74, 6) is -6.50. The number of rotatable bonds is 16. The number of nitrogens with zero attached hydrogens (tertiary/aromatic N) is 3. The van der Waals surface area contributed by atoms with Crippen LogP contribution in [-0.2, 0) is 60.7 Å². The summed E-state index contributed by atoms with van der Waals surface area (Å²) in [5, 5.41) is 22.9. The fraction of sp³-hybridized carbons (Fsp3) is 0.460. The maximum atomic E-state index is 14.3. The van der Waals surface area contributed by atoms with E-state index in [1.165, 1.54) is 0 Å². The topological polar surface area (TPSA) is 444 Å². The third-order valence-corrected chi connectivity index (χ3v) is 11.6. The molecule has 4 rings (SSSR count). The van der Waals surface area contributed by atoms with E-state index in [1.807, 2.05) is 36.4 Å². The molecule has 1 heterocycles. The molecular weight excluding hydrogens is 999 g/mol. The van der Waals surface area contributed by atoms with E-state index in [1.54, 1.807) is 36.4 Å². The van der Waals surface area contributed by atoms with Crippen molar-refractivity contribution < 1.29 is 47.8 Å². The van der Waals surface area contributed by atoms with E-state index in [0.717, 1.165) is 10.8 Å². The van der Waals surface area contributed by atoms with Gasteiger partial charge in [0.05, 0.1) is 32.9 Å². The molecule has 1 aliphatic heterocycles. The van der Waals surface area contributed by atoms with Gasteiger partial charge in [-0.05, 0) is 60.4 Å². The van der Waals surface area contributed by atoms with Crippen LogP contribution in [0.4, 0.5) is 0 Å².